The van der Waals surface area contributed by atoms with E-state index in [4.69, 9.17) is 23.2 Å². The second kappa shape index (κ2) is 5.36. The molecule has 1 atom stereocenters. The third kappa shape index (κ3) is 3.63. The molecule has 1 aromatic carbocycles. The zero-order valence-electron chi connectivity index (χ0n) is 9.00. The molecule has 90 valence electrons. The molecular formula is C10H13Cl2NO2S. The Morgan fingerprint density at radius 1 is 1.38 bits per heavy atom. The Balaban J connectivity index is 2.93. The zero-order valence-corrected chi connectivity index (χ0v) is 11.3. The highest BCUT2D eigenvalue weighted by molar-refractivity contribution is 7.89. The fourth-order valence-corrected chi connectivity index (χ4v) is 2.67. The molecule has 0 aliphatic heterocycles. The van der Waals surface area contributed by atoms with Crippen molar-refractivity contribution in [2.75, 3.05) is 5.75 Å². The maximum absolute atomic E-state index is 11.4. The van der Waals surface area contributed by atoms with Gasteiger partial charge in [-0.25, -0.2) is 13.1 Å². The Morgan fingerprint density at radius 2 is 2.00 bits per heavy atom. The Bertz CT molecular complexity index is 474. The van der Waals surface area contributed by atoms with Crippen LogP contribution in [0.5, 0.6) is 0 Å². The number of nitrogens with one attached hydrogen (secondary N) is 1. The van der Waals surface area contributed by atoms with Crippen molar-refractivity contribution in [3.05, 3.63) is 33.8 Å². The first-order valence-corrected chi connectivity index (χ1v) is 7.21. The summed E-state index contributed by atoms with van der Waals surface area (Å²) in [6, 6.07) is 4.62. The molecule has 0 heterocycles. The molecule has 0 aliphatic carbocycles. The van der Waals surface area contributed by atoms with Gasteiger partial charge < -0.3 is 0 Å². The van der Waals surface area contributed by atoms with Crippen LogP contribution in [-0.2, 0) is 10.0 Å². The topological polar surface area (TPSA) is 46.2 Å². The van der Waals surface area contributed by atoms with Crippen LogP contribution in [0, 0.1) is 0 Å². The molecule has 0 saturated heterocycles. The van der Waals surface area contributed by atoms with Crippen molar-refractivity contribution in [3.8, 4) is 0 Å². The SMILES string of the molecule is CCS(=O)(=O)N[C@@H](C)c1ccc(Cl)cc1Cl. The first kappa shape index (κ1) is 13.8. The summed E-state index contributed by atoms with van der Waals surface area (Å²) in [4.78, 5) is 0. The minimum absolute atomic E-state index is 0.0442. The maximum Gasteiger partial charge on any atom is 0.211 e. The maximum atomic E-state index is 11.4. The van der Waals surface area contributed by atoms with Gasteiger partial charge in [-0.2, -0.15) is 0 Å². The highest BCUT2D eigenvalue weighted by Crippen LogP contribution is 2.26. The van der Waals surface area contributed by atoms with Crippen LogP contribution in [0.2, 0.25) is 10.0 Å². The van der Waals surface area contributed by atoms with Crippen molar-refractivity contribution < 1.29 is 8.42 Å². The number of hydrogen-bond donors (Lipinski definition) is 1. The molecule has 0 aliphatic rings. The van der Waals surface area contributed by atoms with E-state index in [0.717, 1.165) is 0 Å². The molecule has 0 unspecified atom stereocenters. The molecule has 6 heteroatoms. The molecule has 0 amide bonds. The lowest BCUT2D eigenvalue weighted by atomic mass is 10.1. The van der Waals surface area contributed by atoms with E-state index < -0.39 is 10.0 Å². The molecule has 1 N–H and O–H groups in total. The zero-order chi connectivity index (χ0) is 12.3. The predicted molar refractivity (Wildman–Crippen MR) is 67.5 cm³/mol. The van der Waals surface area contributed by atoms with Crippen molar-refractivity contribution in [2.24, 2.45) is 0 Å². The van der Waals surface area contributed by atoms with Gasteiger partial charge in [0.1, 0.15) is 0 Å². The highest BCUT2D eigenvalue weighted by atomic mass is 35.5. The molecule has 0 spiro atoms. The van der Waals surface area contributed by atoms with E-state index in [2.05, 4.69) is 4.72 Å². The average molecular weight is 282 g/mol. The lowest BCUT2D eigenvalue weighted by molar-refractivity contribution is 0.568. The van der Waals surface area contributed by atoms with Gasteiger partial charge in [0.25, 0.3) is 0 Å². The predicted octanol–water partition coefficient (Wildman–Crippen LogP) is 2.99. The number of hydrogen-bond acceptors (Lipinski definition) is 2. The van der Waals surface area contributed by atoms with Gasteiger partial charge in [-0.15, -0.1) is 0 Å². The monoisotopic (exact) mass is 281 g/mol. The van der Waals surface area contributed by atoms with E-state index in [1.165, 1.54) is 0 Å². The van der Waals surface area contributed by atoms with Crippen LogP contribution in [0.15, 0.2) is 18.2 Å². The van der Waals surface area contributed by atoms with Gasteiger partial charge in [0.15, 0.2) is 0 Å². The summed E-state index contributed by atoms with van der Waals surface area (Å²) in [5.74, 6) is 0.0442. The van der Waals surface area contributed by atoms with E-state index in [-0.39, 0.29) is 11.8 Å². The molecule has 0 saturated carbocycles. The van der Waals surface area contributed by atoms with Crippen molar-refractivity contribution in [1.82, 2.24) is 4.72 Å². The third-order valence-electron chi connectivity index (χ3n) is 2.17. The first-order chi connectivity index (χ1) is 7.35. The summed E-state index contributed by atoms with van der Waals surface area (Å²) in [7, 11) is -3.24. The number of benzene rings is 1. The quantitative estimate of drug-likeness (QED) is 0.922. The van der Waals surface area contributed by atoms with Crippen molar-refractivity contribution in [2.45, 2.75) is 19.9 Å². The Morgan fingerprint density at radius 3 is 2.50 bits per heavy atom. The highest BCUT2D eigenvalue weighted by Gasteiger charge is 2.15. The largest absolute Gasteiger partial charge is 0.212 e. The summed E-state index contributed by atoms with van der Waals surface area (Å²) in [6.45, 7) is 3.32. The van der Waals surface area contributed by atoms with Crippen LogP contribution in [0.1, 0.15) is 25.5 Å². The van der Waals surface area contributed by atoms with E-state index >= 15 is 0 Å². The molecule has 16 heavy (non-hydrogen) atoms. The van der Waals surface area contributed by atoms with Crippen LogP contribution in [0.4, 0.5) is 0 Å². The van der Waals surface area contributed by atoms with Crippen molar-refractivity contribution >= 4 is 33.2 Å². The van der Waals surface area contributed by atoms with Crippen LogP contribution in [-0.4, -0.2) is 14.2 Å². The summed E-state index contributed by atoms with van der Waals surface area (Å²) in [6.07, 6.45) is 0. The fourth-order valence-electron chi connectivity index (χ4n) is 1.27. The standard InChI is InChI=1S/C10H13Cl2NO2S/c1-3-16(14,15)13-7(2)9-5-4-8(11)6-10(9)12/h4-7,13H,3H2,1-2H3/t7-/m0/s1. The molecule has 0 radical (unpaired) electrons. The van der Waals surface area contributed by atoms with Crippen molar-refractivity contribution in [3.63, 3.8) is 0 Å². The normalized spacial score (nSPS) is 13.8. The molecule has 1 rings (SSSR count). The van der Waals surface area contributed by atoms with E-state index in [0.29, 0.717) is 15.6 Å². The fraction of sp³-hybridized carbons (Fsp3) is 0.400. The Labute approximate surface area is 106 Å². The molecule has 0 aromatic heterocycles. The van der Waals surface area contributed by atoms with Gasteiger partial charge in [0.05, 0.1) is 5.75 Å². The van der Waals surface area contributed by atoms with Crippen LogP contribution in [0.25, 0.3) is 0 Å². The van der Waals surface area contributed by atoms with Gasteiger partial charge in [0, 0.05) is 16.1 Å². The smallest absolute Gasteiger partial charge is 0.211 e. The average Bonchev–Trinajstić information content (AvgIpc) is 2.16. The minimum Gasteiger partial charge on any atom is -0.212 e. The first-order valence-electron chi connectivity index (χ1n) is 4.80. The van der Waals surface area contributed by atoms with Gasteiger partial charge in [-0.3, -0.25) is 0 Å². The second-order valence-electron chi connectivity index (χ2n) is 3.41. The molecule has 3 nitrogen and oxygen atoms in total. The van der Waals surface area contributed by atoms with Crippen molar-refractivity contribution in [1.29, 1.82) is 0 Å². The van der Waals surface area contributed by atoms with Crippen LogP contribution >= 0.6 is 23.2 Å². The van der Waals surface area contributed by atoms with Crippen LogP contribution < -0.4 is 4.72 Å². The molecule has 0 fully saturated rings. The molecule has 0 bridgehead atoms. The Kier molecular flexibility index (Phi) is 4.62. The second-order valence-corrected chi connectivity index (χ2v) is 6.29. The van der Waals surface area contributed by atoms with Gasteiger partial charge in [-0.1, -0.05) is 29.3 Å². The summed E-state index contributed by atoms with van der Waals surface area (Å²) in [5.41, 5.74) is 0.711. The van der Waals surface area contributed by atoms with Gasteiger partial charge in [-0.05, 0) is 31.5 Å². The summed E-state index contributed by atoms with van der Waals surface area (Å²) < 4.78 is 25.3. The van der Waals surface area contributed by atoms with Crippen LogP contribution in [0.3, 0.4) is 0 Å². The van der Waals surface area contributed by atoms with E-state index in [1.54, 1.807) is 32.0 Å². The lowest BCUT2D eigenvalue weighted by Crippen LogP contribution is -2.28. The lowest BCUT2D eigenvalue weighted by Gasteiger charge is -2.15. The van der Waals surface area contributed by atoms with Gasteiger partial charge in [0.2, 0.25) is 10.0 Å². The minimum atomic E-state index is -3.24. The summed E-state index contributed by atoms with van der Waals surface area (Å²) >= 11 is 11.7. The van der Waals surface area contributed by atoms with E-state index in [1.807, 2.05) is 0 Å². The molecule has 1 aromatic rings. The van der Waals surface area contributed by atoms with E-state index in [9.17, 15) is 8.42 Å². The summed E-state index contributed by atoms with van der Waals surface area (Å²) in [5, 5.41) is 0.984. The molecular weight excluding hydrogens is 269 g/mol. The third-order valence-corrected chi connectivity index (χ3v) is 4.20. The number of halogens is 2. The Hall–Kier alpha value is -0.290. The number of rotatable bonds is 4. The number of sulfonamides is 1. The van der Waals surface area contributed by atoms with Gasteiger partial charge >= 0.3 is 0 Å².